The quantitative estimate of drug-likeness (QED) is 0.899. The molecule has 0 spiro atoms. The molecular formula is C10H9ClFN3O2S. The van der Waals surface area contributed by atoms with Crippen LogP contribution in [-0.4, -0.2) is 18.6 Å². The van der Waals surface area contributed by atoms with Crippen molar-refractivity contribution < 1.29 is 12.8 Å². The summed E-state index contributed by atoms with van der Waals surface area (Å²) in [5.41, 5.74) is 0.570. The van der Waals surface area contributed by atoms with Gasteiger partial charge in [-0.3, -0.25) is 5.10 Å². The van der Waals surface area contributed by atoms with Gasteiger partial charge in [0, 0.05) is 6.20 Å². The van der Waals surface area contributed by atoms with Crippen LogP contribution in [-0.2, 0) is 16.6 Å². The molecule has 0 saturated heterocycles. The van der Waals surface area contributed by atoms with E-state index in [1.54, 1.807) is 6.07 Å². The van der Waals surface area contributed by atoms with Crippen molar-refractivity contribution in [3.8, 4) is 0 Å². The zero-order chi connectivity index (χ0) is 13.2. The van der Waals surface area contributed by atoms with Crippen LogP contribution in [0.15, 0.2) is 35.4 Å². The van der Waals surface area contributed by atoms with Gasteiger partial charge in [0.05, 0.1) is 17.3 Å². The highest BCUT2D eigenvalue weighted by atomic mass is 35.5. The maximum atomic E-state index is 13.6. The van der Waals surface area contributed by atoms with Gasteiger partial charge in [-0.25, -0.2) is 17.5 Å². The largest absolute Gasteiger partial charge is 0.281 e. The number of hydrogen-bond donors (Lipinski definition) is 2. The van der Waals surface area contributed by atoms with Gasteiger partial charge >= 0.3 is 0 Å². The van der Waals surface area contributed by atoms with Gasteiger partial charge in [-0.1, -0.05) is 17.7 Å². The van der Waals surface area contributed by atoms with Crippen molar-refractivity contribution in [3.63, 3.8) is 0 Å². The smallest absolute Gasteiger partial charge is 0.243 e. The fourth-order valence-electron chi connectivity index (χ4n) is 1.33. The predicted octanol–water partition coefficient (Wildman–Crippen LogP) is 1.68. The Morgan fingerprint density at radius 3 is 2.83 bits per heavy atom. The summed E-state index contributed by atoms with van der Waals surface area (Å²) in [4.78, 5) is -0.477. The minimum absolute atomic E-state index is 0.00567. The van der Waals surface area contributed by atoms with Crippen molar-refractivity contribution in [1.29, 1.82) is 0 Å². The molecule has 5 nitrogen and oxygen atoms in total. The van der Waals surface area contributed by atoms with E-state index >= 15 is 0 Å². The monoisotopic (exact) mass is 289 g/mol. The number of hydrogen-bond acceptors (Lipinski definition) is 3. The number of nitrogens with one attached hydrogen (secondary N) is 2. The molecule has 0 unspecified atom stereocenters. The molecule has 1 heterocycles. The maximum absolute atomic E-state index is 13.6. The van der Waals surface area contributed by atoms with Crippen molar-refractivity contribution in [1.82, 2.24) is 14.9 Å². The number of aromatic amines is 1. The molecule has 18 heavy (non-hydrogen) atoms. The van der Waals surface area contributed by atoms with E-state index in [-0.39, 0.29) is 11.6 Å². The molecule has 0 saturated carbocycles. The summed E-state index contributed by atoms with van der Waals surface area (Å²) in [5, 5.41) is 6.03. The maximum Gasteiger partial charge on any atom is 0.243 e. The highest BCUT2D eigenvalue weighted by Gasteiger charge is 2.20. The van der Waals surface area contributed by atoms with Crippen LogP contribution >= 0.6 is 11.6 Å². The fourth-order valence-corrected chi connectivity index (χ4v) is 2.66. The van der Waals surface area contributed by atoms with Crippen molar-refractivity contribution in [2.75, 3.05) is 0 Å². The molecule has 0 aliphatic carbocycles. The molecule has 0 aliphatic heterocycles. The summed E-state index contributed by atoms with van der Waals surface area (Å²) in [6.07, 6.45) is 1.49. The molecule has 0 amide bonds. The zero-order valence-electron chi connectivity index (χ0n) is 9.02. The van der Waals surface area contributed by atoms with Crippen LogP contribution in [0.1, 0.15) is 5.69 Å². The number of sulfonamides is 1. The lowest BCUT2D eigenvalue weighted by molar-refractivity contribution is 0.556. The first-order chi connectivity index (χ1) is 8.50. The van der Waals surface area contributed by atoms with Crippen LogP contribution in [0.3, 0.4) is 0 Å². The Labute approximate surface area is 108 Å². The average Bonchev–Trinajstić information content (AvgIpc) is 2.83. The van der Waals surface area contributed by atoms with Crippen molar-refractivity contribution >= 4 is 21.6 Å². The minimum atomic E-state index is -3.95. The molecule has 2 rings (SSSR count). The molecule has 1 aromatic heterocycles. The third-order valence-electron chi connectivity index (χ3n) is 2.22. The third-order valence-corrected chi connectivity index (χ3v) is 3.93. The van der Waals surface area contributed by atoms with Gasteiger partial charge in [0.1, 0.15) is 4.90 Å². The normalized spacial score (nSPS) is 11.7. The minimum Gasteiger partial charge on any atom is -0.281 e. The Morgan fingerprint density at radius 1 is 1.39 bits per heavy atom. The highest BCUT2D eigenvalue weighted by molar-refractivity contribution is 7.89. The van der Waals surface area contributed by atoms with Crippen LogP contribution in [0.2, 0.25) is 5.02 Å². The van der Waals surface area contributed by atoms with Gasteiger partial charge in [0.25, 0.3) is 0 Å². The van der Waals surface area contributed by atoms with Crippen molar-refractivity contribution in [3.05, 3.63) is 47.0 Å². The SMILES string of the molecule is O=S(=O)(NCc1ccn[nH]1)c1cccc(Cl)c1F. The summed E-state index contributed by atoms with van der Waals surface area (Å²) >= 11 is 5.54. The molecule has 2 aromatic rings. The number of rotatable bonds is 4. The van der Waals surface area contributed by atoms with Crippen LogP contribution in [0.25, 0.3) is 0 Å². The second kappa shape index (κ2) is 5.05. The molecule has 1 aromatic carbocycles. The molecule has 2 N–H and O–H groups in total. The lowest BCUT2D eigenvalue weighted by Gasteiger charge is -2.07. The third kappa shape index (κ3) is 2.69. The summed E-state index contributed by atoms with van der Waals surface area (Å²) in [6, 6.07) is 5.41. The van der Waals surface area contributed by atoms with Gasteiger partial charge in [0.15, 0.2) is 5.82 Å². The molecule has 0 atom stereocenters. The topological polar surface area (TPSA) is 74.8 Å². The first-order valence-electron chi connectivity index (χ1n) is 4.92. The van der Waals surface area contributed by atoms with E-state index in [9.17, 15) is 12.8 Å². The van der Waals surface area contributed by atoms with Gasteiger partial charge in [-0.2, -0.15) is 5.10 Å². The van der Waals surface area contributed by atoms with E-state index in [1.807, 2.05) is 0 Å². The molecule has 8 heteroatoms. The lowest BCUT2D eigenvalue weighted by atomic mass is 10.3. The molecular weight excluding hydrogens is 281 g/mol. The Hall–Kier alpha value is -1.44. The van der Waals surface area contributed by atoms with Gasteiger partial charge in [-0.15, -0.1) is 0 Å². The van der Waals surface area contributed by atoms with Crippen molar-refractivity contribution in [2.45, 2.75) is 11.4 Å². The van der Waals surface area contributed by atoms with E-state index < -0.39 is 20.7 Å². The summed E-state index contributed by atoms with van der Waals surface area (Å²) in [5.74, 6) is -0.962. The second-order valence-electron chi connectivity index (χ2n) is 3.46. The Kier molecular flexibility index (Phi) is 3.65. The lowest BCUT2D eigenvalue weighted by Crippen LogP contribution is -2.24. The fraction of sp³-hybridized carbons (Fsp3) is 0.100. The zero-order valence-corrected chi connectivity index (χ0v) is 10.6. The van der Waals surface area contributed by atoms with E-state index in [4.69, 9.17) is 11.6 Å². The molecule has 0 bridgehead atoms. The van der Waals surface area contributed by atoms with Crippen molar-refractivity contribution in [2.24, 2.45) is 0 Å². The highest BCUT2D eigenvalue weighted by Crippen LogP contribution is 2.21. The summed E-state index contributed by atoms with van der Waals surface area (Å²) < 4.78 is 39.6. The van der Waals surface area contributed by atoms with Gasteiger partial charge < -0.3 is 0 Å². The standard InChI is InChI=1S/C10H9ClFN3O2S/c11-8-2-1-3-9(10(8)12)18(16,17)14-6-7-4-5-13-15-7/h1-5,14H,6H2,(H,13,15). The number of benzene rings is 1. The predicted molar refractivity (Wildman–Crippen MR) is 64.0 cm³/mol. The molecule has 96 valence electrons. The van der Waals surface area contributed by atoms with Crippen LogP contribution in [0.4, 0.5) is 4.39 Å². The van der Waals surface area contributed by atoms with Crippen LogP contribution in [0, 0.1) is 5.82 Å². The number of aromatic nitrogens is 2. The first-order valence-corrected chi connectivity index (χ1v) is 6.79. The van der Waals surface area contributed by atoms with E-state index in [2.05, 4.69) is 14.9 Å². The average molecular weight is 290 g/mol. The van der Waals surface area contributed by atoms with Crippen LogP contribution in [0.5, 0.6) is 0 Å². The second-order valence-corrected chi connectivity index (χ2v) is 5.60. The first kappa shape index (κ1) is 13.0. The van der Waals surface area contributed by atoms with Crippen LogP contribution < -0.4 is 4.72 Å². The number of halogens is 2. The van der Waals surface area contributed by atoms with E-state index in [1.165, 1.54) is 18.3 Å². The summed E-state index contributed by atoms with van der Waals surface area (Å²) in [7, 11) is -3.95. The molecule has 0 aliphatic rings. The Bertz CT molecular complexity index is 643. The summed E-state index contributed by atoms with van der Waals surface area (Å²) in [6.45, 7) is -0.00567. The van der Waals surface area contributed by atoms with E-state index in [0.717, 1.165) is 6.07 Å². The van der Waals surface area contributed by atoms with Gasteiger partial charge in [-0.05, 0) is 18.2 Å². The number of H-pyrrole nitrogens is 1. The van der Waals surface area contributed by atoms with Gasteiger partial charge in [0.2, 0.25) is 10.0 Å². The Balaban J connectivity index is 2.23. The number of nitrogens with zero attached hydrogens (tertiary/aromatic N) is 1. The van der Waals surface area contributed by atoms with E-state index in [0.29, 0.717) is 5.69 Å². The molecule has 0 fully saturated rings. The Morgan fingerprint density at radius 2 is 2.17 bits per heavy atom. The molecule has 0 radical (unpaired) electrons.